The Labute approximate surface area is 154 Å². The number of aromatic carboxylic acids is 1. The lowest BCUT2D eigenvalue weighted by molar-refractivity contribution is 0.0697. The van der Waals surface area contributed by atoms with Crippen molar-refractivity contribution in [1.29, 1.82) is 0 Å². The molecule has 0 aliphatic heterocycles. The van der Waals surface area contributed by atoms with Gasteiger partial charge in [0.05, 0.1) is 11.8 Å². The number of hydrogen-bond acceptors (Lipinski definition) is 7. The second-order valence-electron chi connectivity index (χ2n) is 5.20. The first-order chi connectivity index (χ1) is 12.6. The molecule has 0 fully saturated rings. The predicted molar refractivity (Wildman–Crippen MR) is 98.0 cm³/mol. The SMILES string of the molecule is O=C(O)c1ccc2nc(NSc3cnc(-c4ccc(F)cc4)s3)oc2c1. The van der Waals surface area contributed by atoms with Crippen LogP contribution in [0.15, 0.2) is 57.3 Å². The number of carboxylic acid groups (broad SMARTS) is 1. The summed E-state index contributed by atoms with van der Waals surface area (Å²) in [6, 6.07) is 10.9. The molecule has 4 aromatic rings. The van der Waals surface area contributed by atoms with Crippen LogP contribution in [-0.2, 0) is 0 Å². The maximum absolute atomic E-state index is 13.0. The molecule has 4 rings (SSSR count). The summed E-state index contributed by atoms with van der Waals surface area (Å²) in [6.07, 6.45) is 1.70. The highest BCUT2D eigenvalue weighted by molar-refractivity contribution is 8.02. The lowest BCUT2D eigenvalue weighted by atomic mass is 10.2. The van der Waals surface area contributed by atoms with E-state index in [-0.39, 0.29) is 17.4 Å². The zero-order valence-corrected chi connectivity index (χ0v) is 14.6. The number of nitrogens with zero attached hydrogens (tertiary/aromatic N) is 2. The third kappa shape index (κ3) is 3.39. The quantitative estimate of drug-likeness (QED) is 0.471. The van der Waals surface area contributed by atoms with Crippen molar-refractivity contribution in [2.45, 2.75) is 4.21 Å². The number of thiazole rings is 1. The minimum atomic E-state index is -1.02. The molecule has 0 aliphatic rings. The molecule has 2 N–H and O–H groups in total. The molecule has 2 heterocycles. The molecule has 0 saturated carbocycles. The number of aromatic nitrogens is 2. The summed E-state index contributed by atoms with van der Waals surface area (Å²) in [5, 5.41) is 9.78. The fourth-order valence-electron chi connectivity index (χ4n) is 2.23. The minimum absolute atomic E-state index is 0.138. The van der Waals surface area contributed by atoms with E-state index in [1.165, 1.54) is 47.6 Å². The highest BCUT2D eigenvalue weighted by Crippen LogP contribution is 2.32. The average Bonchev–Trinajstić information content (AvgIpc) is 3.26. The molecule has 0 amide bonds. The van der Waals surface area contributed by atoms with Crippen LogP contribution in [0.5, 0.6) is 0 Å². The van der Waals surface area contributed by atoms with Crippen LogP contribution in [-0.4, -0.2) is 21.0 Å². The molecule has 2 aromatic heterocycles. The van der Waals surface area contributed by atoms with E-state index in [1.807, 2.05) is 0 Å². The van der Waals surface area contributed by atoms with Crippen molar-refractivity contribution in [1.82, 2.24) is 9.97 Å². The molecule has 0 bridgehead atoms. The fourth-order valence-corrected chi connectivity index (χ4v) is 3.79. The molecule has 0 atom stereocenters. The van der Waals surface area contributed by atoms with Gasteiger partial charge in [-0.15, -0.1) is 11.3 Å². The van der Waals surface area contributed by atoms with Gasteiger partial charge in [-0.25, -0.2) is 14.2 Å². The summed E-state index contributed by atoms with van der Waals surface area (Å²) in [5.74, 6) is -1.31. The molecule has 0 aliphatic carbocycles. The number of carboxylic acids is 1. The van der Waals surface area contributed by atoms with E-state index in [1.54, 1.807) is 24.4 Å². The monoisotopic (exact) mass is 387 g/mol. The Morgan fingerprint density at radius 2 is 2.04 bits per heavy atom. The number of carbonyl (C=O) groups is 1. The van der Waals surface area contributed by atoms with E-state index in [9.17, 15) is 9.18 Å². The highest BCUT2D eigenvalue weighted by atomic mass is 32.2. The Morgan fingerprint density at radius 3 is 2.81 bits per heavy atom. The van der Waals surface area contributed by atoms with Crippen LogP contribution < -0.4 is 4.72 Å². The van der Waals surface area contributed by atoms with Crippen molar-refractivity contribution >= 4 is 46.4 Å². The van der Waals surface area contributed by atoms with E-state index in [4.69, 9.17) is 9.52 Å². The Kier molecular flexibility index (Phi) is 4.31. The first-order valence-electron chi connectivity index (χ1n) is 7.37. The smallest absolute Gasteiger partial charge is 0.335 e. The minimum Gasteiger partial charge on any atom is -0.478 e. The Hall–Kier alpha value is -2.91. The normalized spacial score (nSPS) is 11.0. The molecule has 6 nitrogen and oxygen atoms in total. The van der Waals surface area contributed by atoms with Gasteiger partial charge in [0.25, 0.3) is 0 Å². The van der Waals surface area contributed by atoms with Crippen LogP contribution in [0.3, 0.4) is 0 Å². The third-order valence-corrected chi connectivity index (χ3v) is 5.37. The number of anilines is 1. The second kappa shape index (κ2) is 6.77. The van der Waals surface area contributed by atoms with Gasteiger partial charge in [-0.1, -0.05) is 0 Å². The number of benzene rings is 2. The van der Waals surface area contributed by atoms with Gasteiger partial charge in [-0.2, -0.15) is 4.98 Å². The standard InChI is InChI=1S/C17H10FN3O3S2/c18-11-4-1-9(2-5-11)15-19-8-14(25-15)26-21-17-20-12-6-3-10(16(22)23)7-13(12)24-17/h1-8H,(H,20,21)(H,22,23). The Balaban J connectivity index is 1.48. The first-order valence-corrected chi connectivity index (χ1v) is 9.00. The van der Waals surface area contributed by atoms with E-state index >= 15 is 0 Å². The molecular formula is C17H10FN3O3S2. The number of hydrogen-bond donors (Lipinski definition) is 2. The fraction of sp³-hybridized carbons (Fsp3) is 0. The largest absolute Gasteiger partial charge is 0.478 e. The molecule has 9 heteroatoms. The summed E-state index contributed by atoms with van der Waals surface area (Å²) < 4.78 is 22.4. The van der Waals surface area contributed by atoms with Gasteiger partial charge in [-0.05, 0) is 42.5 Å². The van der Waals surface area contributed by atoms with Crippen LogP contribution >= 0.6 is 23.3 Å². The van der Waals surface area contributed by atoms with Gasteiger partial charge in [0.1, 0.15) is 20.6 Å². The zero-order chi connectivity index (χ0) is 18.1. The molecule has 26 heavy (non-hydrogen) atoms. The maximum Gasteiger partial charge on any atom is 0.335 e. The van der Waals surface area contributed by atoms with Crippen LogP contribution in [0.25, 0.3) is 21.7 Å². The van der Waals surface area contributed by atoms with E-state index in [0.717, 1.165) is 14.8 Å². The van der Waals surface area contributed by atoms with Crippen molar-refractivity contribution in [3.8, 4) is 10.6 Å². The first kappa shape index (κ1) is 16.6. The number of halogens is 1. The van der Waals surface area contributed by atoms with Crippen molar-refractivity contribution < 1.29 is 18.7 Å². The molecule has 0 unspecified atom stereocenters. The number of oxazole rings is 1. The summed E-state index contributed by atoms with van der Waals surface area (Å²) in [6.45, 7) is 0. The molecule has 0 saturated heterocycles. The summed E-state index contributed by atoms with van der Waals surface area (Å²) in [4.78, 5) is 19.6. The van der Waals surface area contributed by atoms with Crippen molar-refractivity contribution in [2.75, 3.05) is 4.72 Å². The lowest BCUT2D eigenvalue weighted by Gasteiger charge is -1.96. The molecular weight excluding hydrogens is 377 g/mol. The van der Waals surface area contributed by atoms with Crippen molar-refractivity contribution in [2.24, 2.45) is 0 Å². The van der Waals surface area contributed by atoms with Gasteiger partial charge in [0, 0.05) is 17.5 Å². The summed E-state index contributed by atoms with van der Waals surface area (Å²) in [7, 11) is 0. The van der Waals surface area contributed by atoms with Crippen LogP contribution in [0.1, 0.15) is 10.4 Å². The van der Waals surface area contributed by atoms with Gasteiger partial charge >= 0.3 is 12.0 Å². The highest BCUT2D eigenvalue weighted by Gasteiger charge is 2.11. The molecule has 2 aromatic carbocycles. The van der Waals surface area contributed by atoms with Crippen molar-refractivity contribution in [3.63, 3.8) is 0 Å². The lowest BCUT2D eigenvalue weighted by Crippen LogP contribution is -1.94. The van der Waals surface area contributed by atoms with Crippen molar-refractivity contribution in [3.05, 3.63) is 60.0 Å². The average molecular weight is 387 g/mol. The molecule has 0 radical (unpaired) electrons. The molecule has 0 spiro atoms. The second-order valence-corrected chi connectivity index (χ2v) is 7.34. The molecule has 130 valence electrons. The van der Waals surface area contributed by atoms with E-state index < -0.39 is 5.97 Å². The van der Waals surface area contributed by atoms with Crippen LogP contribution in [0, 0.1) is 5.82 Å². The Bertz CT molecular complexity index is 1090. The zero-order valence-electron chi connectivity index (χ0n) is 13.0. The number of fused-ring (bicyclic) bond motifs is 1. The van der Waals surface area contributed by atoms with E-state index in [0.29, 0.717) is 11.1 Å². The van der Waals surface area contributed by atoms with Crippen LogP contribution in [0.4, 0.5) is 10.4 Å². The summed E-state index contributed by atoms with van der Waals surface area (Å²) in [5.41, 5.74) is 1.93. The van der Waals surface area contributed by atoms with Gasteiger partial charge in [-0.3, -0.25) is 4.72 Å². The van der Waals surface area contributed by atoms with Gasteiger partial charge in [0.2, 0.25) is 0 Å². The van der Waals surface area contributed by atoms with Gasteiger partial charge < -0.3 is 9.52 Å². The summed E-state index contributed by atoms with van der Waals surface area (Å²) >= 11 is 2.72. The topological polar surface area (TPSA) is 88.2 Å². The number of rotatable bonds is 5. The Morgan fingerprint density at radius 1 is 1.23 bits per heavy atom. The maximum atomic E-state index is 13.0. The predicted octanol–water partition coefficient (Wildman–Crippen LogP) is 4.91. The van der Waals surface area contributed by atoms with Crippen LogP contribution in [0.2, 0.25) is 0 Å². The third-order valence-electron chi connectivity index (χ3n) is 3.45. The van der Waals surface area contributed by atoms with E-state index in [2.05, 4.69) is 14.7 Å². The number of nitrogens with one attached hydrogen (secondary N) is 1. The van der Waals surface area contributed by atoms with Gasteiger partial charge in [0.15, 0.2) is 5.58 Å².